The number of nitrogens with one attached hydrogen (secondary N) is 1. The average molecular weight is 189 g/mol. The minimum atomic E-state index is -0.814. The van der Waals surface area contributed by atoms with Crippen LogP contribution in [0, 0.1) is 0 Å². The molecule has 0 saturated heterocycles. The van der Waals surface area contributed by atoms with Crippen LogP contribution in [-0.2, 0) is 4.79 Å². The average Bonchev–Trinajstić information content (AvgIpc) is 2.10. The van der Waals surface area contributed by atoms with Crippen molar-refractivity contribution >= 4 is 5.97 Å². The van der Waals surface area contributed by atoms with Crippen molar-refractivity contribution in [2.75, 3.05) is 19.6 Å². The molecule has 0 heterocycles. The summed E-state index contributed by atoms with van der Waals surface area (Å²) in [6, 6.07) is -0.477. The Bertz CT molecular complexity index is 141. The van der Waals surface area contributed by atoms with Crippen LogP contribution in [0.2, 0.25) is 0 Å². The molecule has 0 spiro atoms. The van der Waals surface area contributed by atoms with Crippen LogP contribution in [0.3, 0.4) is 0 Å². The zero-order valence-corrected chi connectivity index (χ0v) is 7.83. The number of carboxylic acid groups (broad SMARTS) is 1. The predicted molar refractivity (Wildman–Crippen MR) is 51.4 cm³/mol. The molecule has 6 N–H and O–H groups in total. The second kappa shape index (κ2) is 7.97. The SMILES string of the molecule is NCCCCC(NCCN)C(=O)O. The van der Waals surface area contributed by atoms with Crippen molar-refractivity contribution < 1.29 is 9.90 Å². The van der Waals surface area contributed by atoms with Gasteiger partial charge in [-0.15, -0.1) is 0 Å². The van der Waals surface area contributed by atoms with Gasteiger partial charge in [-0.25, -0.2) is 0 Å². The summed E-state index contributed by atoms with van der Waals surface area (Å²) < 4.78 is 0. The molecule has 5 nitrogen and oxygen atoms in total. The fourth-order valence-electron chi connectivity index (χ4n) is 1.06. The highest BCUT2D eigenvalue weighted by molar-refractivity contribution is 5.73. The molecule has 0 bridgehead atoms. The van der Waals surface area contributed by atoms with Gasteiger partial charge in [-0.3, -0.25) is 4.79 Å². The van der Waals surface area contributed by atoms with Crippen molar-refractivity contribution in [3.05, 3.63) is 0 Å². The van der Waals surface area contributed by atoms with E-state index >= 15 is 0 Å². The molecule has 13 heavy (non-hydrogen) atoms. The maximum absolute atomic E-state index is 10.7. The molecule has 0 saturated carbocycles. The molecule has 0 aliphatic rings. The number of rotatable bonds is 8. The van der Waals surface area contributed by atoms with Crippen LogP contribution in [-0.4, -0.2) is 36.8 Å². The summed E-state index contributed by atoms with van der Waals surface area (Å²) in [5, 5.41) is 11.6. The van der Waals surface area contributed by atoms with E-state index < -0.39 is 12.0 Å². The summed E-state index contributed by atoms with van der Waals surface area (Å²) in [5.74, 6) is -0.814. The molecule has 78 valence electrons. The van der Waals surface area contributed by atoms with Gasteiger partial charge in [0.2, 0.25) is 0 Å². The Morgan fingerprint density at radius 1 is 1.31 bits per heavy atom. The van der Waals surface area contributed by atoms with Gasteiger partial charge >= 0.3 is 5.97 Å². The Hall–Kier alpha value is -0.650. The minimum absolute atomic E-state index is 0.459. The van der Waals surface area contributed by atoms with E-state index in [1.165, 1.54) is 0 Å². The third-order valence-corrected chi connectivity index (χ3v) is 1.78. The molecule has 0 aromatic carbocycles. The van der Waals surface area contributed by atoms with Crippen molar-refractivity contribution in [1.29, 1.82) is 0 Å². The second-order valence-electron chi connectivity index (χ2n) is 2.92. The molecule has 1 atom stereocenters. The third-order valence-electron chi connectivity index (χ3n) is 1.78. The number of aliphatic carboxylic acids is 1. The van der Waals surface area contributed by atoms with E-state index in [2.05, 4.69) is 5.32 Å². The van der Waals surface area contributed by atoms with E-state index in [1.54, 1.807) is 0 Å². The zero-order valence-electron chi connectivity index (χ0n) is 7.83. The maximum atomic E-state index is 10.7. The van der Waals surface area contributed by atoms with Gasteiger partial charge in [0, 0.05) is 13.1 Å². The molecule has 0 amide bonds. The van der Waals surface area contributed by atoms with Crippen molar-refractivity contribution in [3.63, 3.8) is 0 Å². The van der Waals surface area contributed by atoms with E-state index in [0.717, 1.165) is 12.8 Å². The smallest absolute Gasteiger partial charge is 0.320 e. The van der Waals surface area contributed by atoms with Gasteiger partial charge in [-0.1, -0.05) is 6.42 Å². The molecule has 0 radical (unpaired) electrons. The van der Waals surface area contributed by atoms with Gasteiger partial charge in [0.1, 0.15) is 6.04 Å². The molecule has 0 aliphatic carbocycles. The van der Waals surface area contributed by atoms with E-state index in [-0.39, 0.29) is 0 Å². The van der Waals surface area contributed by atoms with Crippen molar-refractivity contribution in [2.45, 2.75) is 25.3 Å². The molecular weight excluding hydrogens is 170 g/mol. The number of nitrogens with two attached hydrogens (primary N) is 2. The van der Waals surface area contributed by atoms with Gasteiger partial charge in [0.05, 0.1) is 0 Å². The first-order chi connectivity index (χ1) is 6.22. The molecule has 0 aliphatic heterocycles. The lowest BCUT2D eigenvalue weighted by atomic mass is 10.1. The van der Waals surface area contributed by atoms with E-state index in [4.69, 9.17) is 16.6 Å². The van der Waals surface area contributed by atoms with Gasteiger partial charge in [0.25, 0.3) is 0 Å². The first kappa shape index (κ1) is 12.3. The summed E-state index contributed by atoms with van der Waals surface area (Å²) in [7, 11) is 0. The third kappa shape index (κ3) is 6.51. The Morgan fingerprint density at radius 2 is 2.00 bits per heavy atom. The Morgan fingerprint density at radius 3 is 2.46 bits per heavy atom. The molecule has 1 unspecified atom stereocenters. The molecular formula is C8H19N3O2. The van der Waals surface area contributed by atoms with Gasteiger partial charge in [-0.05, 0) is 19.4 Å². The first-order valence-corrected chi connectivity index (χ1v) is 4.58. The number of unbranched alkanes of at least 4 members (excludes halogenated alkanes) is 1. The molecule has 0 aromatic rings. The monoisotopic (exact) mass is 189 g/mol. The minimum Gasteiger partial charge on any atom is -0.480 e. The van der Waals surface area contributed by atoms with Crippen LogP contribution in [0.15, 0.2) is 0 Å². The van der Waals surface area contributed by atoms with Crippen LogP contribution in [0.4, 0.5) is 0 Å². The summed E-state index contributed by atoms with van der Waals surface area (Å²) in [5.41, 5.74) is 10.6. The standard InChI is InChI=1S/C8H19N3O2/c9-4-2-1-3-7(8(12)13)11-6-5-10/h7,11H,1-6,9-10H2,(H,12,13). The van der Waals surface area contributed by atoms with Crippen molar-refractivity contribution in [3.8, 4) is 0 Å². The Balaban J connectivity index is 3.61. The summed E-state index contributed by atoms with van der Waals surface area (Å²) in [6.45, 7) is 1.61. The van der Waals surface area contributed by atoms with Gasteiger partial charge < -0.3 is 21.9 Å². The molecule has 0 aromatic heterocycles. The lowest BCUT2D eigenvalue weighted by Gasteiger charge is -2.12. The molecule has 5 heteroatoms. The highest BCUT2D eigenvalue weighted by atomic mass is 16.4. The second-order valence-corrected chi connectivity index (χ2v) is 2.92. The lowest BCUT2D eigenvalue weighted by molar-refractivity contribution is -0.139. The van der Waals surface area contributed by atoms with E-state index in [0.29, 0.717) is 26.1 Å². The van der Waals surface area contributed by atoms with Crippen molar-refractivity contribution in [2.24, 2.45) is 11.5 Å². The Labute approximate surface area is 78.5 Å². The summed E-state index contributed by atoms with van der Waals surface area (Å²) in [6.07, 6.45) is 2.33. The number of carbonyl (C=O) groups is 1. The molecule has 0 rings (SSSR count). The number of hydrogen-bond donors (Lipinski definition) is 4. The van der Waals surface area contributed by atoms with Crippen LogP contribution in [0.5, 0.6) is 0 Å². The number of hydrogen-bond acceptors (Lipinski definition) is 4. The van der Waals surface area contributed by atoms with Gasteiger partial charge in [0.15, 0.2) is 0 Å². The highest BCUT2D eigenvalue weighted by Crippen LogP contribution is 1.99. The van der Waals surface area contributed by atoms with E-state index in [9.17, 15) is 4.79 Å². The fourth-order valence-corrected chi connectivity index (χ4v) is 1.06. The van der Waals surface area contributed by atoms with E-state index in [1.807, 2.05) is 0 Å². The first-order valence-electron chi connectivity index (χ1n) is 4.58. The van der Waals surface area contributed by atoms with Gasteiger partial charge in [-0.2, -0.15) is 0 Å². The highest BCUT2D eigenvalue weighted by Gasteiger charge is 2.14. The Kier molecular flexibility index (Phi) is 7.57. The summed E-state index contributed by atoms with van der Waals surface area (Å²) in [4.78, 5) is 10.7. The lowest BCUT2D eigenvalue weighted by Crippen LogP contribution is -2.39. The number of carboxylic acids is 1. The zero-order chi connectivity index (χ0) is 10.1. The topological polar surface area (TPSA) is 101 Å². The van der Waals surface area contributed by atoms with Crippen LogP contribution >= 0.6 is 0 Å². The quantitative estimate of drug-likeness (QED) is 0.371. The van der Waals surface area contributed by atoms with Crippen LogP contribution in [0.1, 0.15) is 19.3 Å². The maximum Gasteiger partial charge on any atom is 0.320 e. The molecule has 0 fully saturated rings. The predicted octanol–water partition coefficient (Wildman–Crippen LogP) is -0.883. The normalized spacial score (nSPS) is 12.8. The summed E-state index contributed by atoms with van der Waals surface area (Å²) >= 11 is 0. The van der Waals surface area contributed by atoms with Crippen LogP contribution < -0.4 is 16.8 Å². The van der Waals surface area contributed by atoms with Crippen LogP contribution in [0.25, 0.3) is 0 Å². The van der Waals surface area contributed by atoms with Crippen molar-refractivity contribution in [1.82, 2.24) is 5.32 Å². The fraction of sp³-hybridized carbons (Fsp3) is 0.875. The largest absolute Gasteiger partial charge is 0.480 e.